The van der Waals surface area contributed by atoms with Gasteiger partial charge in [-0.1, -0.05) is 56.7 Å². The number of nitrogens with zero attached hydrogens (tertiary/aromatic N) is 1. The highest BCUT2D eigenvalue weighted by atomic mass is 79.9. The van der Waals surface area contributed by atoms with Crippen molar-refractivity contribution in [3.63, 3.8) is 0 Å². The van der Waals surface area contributed by atoms with Crippen molar-refractivity contribution in [3.05, 3.63) is 75.9 Å². The molecule has 1 aromatic heterocycles. The summed E-state index contributed by atoms with van der Waals surface area (Å²) in [6, 6.07) is 10.7. The van der Waals surface area contributed by atoms with Crippen LogP contribution in [0.4, 0.5) is 0 Å². The number of aromatic amines is 1. The molecule has 0 bridgehead atoms. The molecule has 50 heavy (non-hydrogen) atoms. The van der Waals surface area contributed by atoms with Crippen molar-refractivity contribution in [3.8, 4) is 5.75 Å². The van der Waals surface area contributed by atoms with E-state index < -0.39 is 44.2 Å². The monoisotopic (exact) mass is 766 g/mol. The van der Waals surface area contributed by atoms with Crippen LogP contribution < -0.4 is 15.1 Å². The van der Waals surface area contributed by atoms with Gasteiger partial charge >= 0.3 is 5.97 Å². The molecular formula is C38H51BrN4O6Si. The molecule has 0 fully saturated rings. The lowest BCUT2D eigenvalue weighted by Crippen LogP contribution is -2.54. The molecule has 1 aliphatic heterocycles. The molecule has 2 heterocycles. The van der Waals surface area contributed by atoms with E-state index in [9.17, 15) is 19.2 Å². The molecule has 270 valence electrons. The maximum absolute atomic E-state index is 14.4. The van der Waals surface area contributed by atoms with E-state index in [1.807, 2.05) is 61.7 Å². The number of carbonyl (C=O) groups is 4. The first-order valence-corrected chi connectivity index (χ1v) is 20.9. The number of fused-ring (bicyclic) bond motifs is 1. The molecule has 1 aliphatic rings. The molecule has 0 spiro atoms. The Hall–Kier alpha value is -3.90. The lowest BCUT2D eigenvalue weighted by Gasteiger charge is -2.36. The minimum absolute atomic E-state index is 0.0126. The van der Waals surface area contributed by atoms with Crippen LogP contribution in [-0.4, -0.2) is 67.6 Å². The number of para-hydroxylation sites is 1. The molecule has 2 aromatic carbocycles. The predicted molar refractivity (Wildman–Crippen MR) is 202 cm³/mol. The SMILES string of the molecule is CC1=CCCOC(=O)C[C@H](c2ccc(O[Si](C)(C)C(C)(C)C)c(Br)c2)NC(=O)[C@@H](Cc2c[nH]c3ccccc23)N(C)C(=O)[C@H](C)NC(=O)CC1. The molecule has 0 saturated heterocycles. The van der Waals surface area contributed by atoms with Gasteiger partial charge in [0, 0.05) is 37.0 Å². The van der Waals surface area contributed by atoms with Crippen LogP contribution in [0.15, 0.2) is 64.8 Å². The van der Waals surface area contributed by atoms with Gasteiger partial charge in [-0.05, 0) is 90.1 Å². The van der Waals surface area contributed by atoms with Crippen molar-refractivity contribution in [2.75, 3.05) is 13.7 Å². The van der Waals surface area contributed by atoms with Crippen molar-refractivity contribution < 1.29 is 28.3 Å². The second-order valence-electron chi connectivity index (χ2n) is 14.7. The number of hydrogen-bond donors (Lipinski definition) is 3. The summed E-state index contributed by atoms with van der Waals surface area (Å²) in [6.07, 6.45) is 5.08. The highest BCUT2D eigenvalue weighted by molar-refractivity contribution is 9.10. The number of H-pyrrole nitrogens is 1. The third kappa shape index (κ3) is 9.87. The number of likely N-dealkylation sites (N-methyl/N-ethyl adjacent to an activating group) is 1. The first-order chi connectivity index (χ1) is 23.5. The Labute approximate surface area is 305 Å². The van der Waals surface area contributed by atoms with E-state index in [1.54, 1.807) is 14.0 Å². The van der Waals surface area contributed by atoms with Gasteiger partial charge in [-0.25, -0.2) is 0 Å². The molecule has 3 aromatic rings. The van der Waals surface area contributed by atoms with Gasteiger partial charge in [0.1, 0.15) is 17.8 Å². The fourth-order valence-corrected chi connectivity index (χ4v) is 7.29. The van der Waals surface area contributed by atoms with Crippen LogP contribution in [0.1, 0.15) is 77.5 Å². The predicted octanol–water partition coefficient (Wildman–Crippen LogP) is 7.11. The van der Waals surface area contributed by atoms with Gasteiger partial charge in [0.05, 0.1) is 23.5 Å². The number of rotatable bonds is 5. The molecule has 10 nitrogen and oxygen atoms in total. The molecule has 3 N–H and O–H groups in total. The summed E-state index contributed by atoms with van der Waals surface area (Å²) in [6.45, 7) is 14.6. The van der Waals surface area contributed by atoms with Crippen LogP contribution in [0.5, 0.6) is 5.75 Å². The summed E-state index contributed by atoms with van der Waals surface area (Å²) >= 11 is 3.68. The number of ether oxygens (including phenoxy) is 1. The van der Waals surface area contributed by atoms with E-state index in [-0.39, 0.29) is 36.8 Å². The van der Waals surface area contributed by atoms with Crippen LogP contribution in [0.3, 0.4) is 0 Å². The maximum Gasteiger partial charge on any atom is 0.308 e. The van der Waals surface area contributed by atoms with Gasteiger partial charge in [-0.15, -0.1) is 0 Å². The highest BCUT2D eigenvalue weighted by Crippen LogP contribution is 2.40. The number of aromatic nitrogens is 1. The number of benzene rings is 2. The van der Waals surface area contributed by atoms with Crippen LogP contribution in [0, 0.1) is 0 Å². The number of esters is 1. The summed E-state index contributed by atoms with van der Waals surface area (Å²) in [4.78, 5) is 58.8. The number of hydrogen-bond acceptors (Lipinski definition) is 6. The summed E-state index contributed by atoms with van der Waals surface area (Å²) < 4.78 is 12.9. The van der Waals surface area contributed by atoms with E-state index in [0.717, 1.165) is 22.0 Å². The van der Waals surface area contributed by atoms with Gasteiger partial charge < -0.3 is 29.7 Å². The highest BCUT2D eigenvalue weighted by Gasteiger charge is 2.39. The third-order valence-electron chi connectivity index (χ3n) is 9.79. The van der Waals surface area contributed by atoms with Crippen molar-refractivity contribution in [1.29, 1.82) is 0 Å². The summed E-state index contributed by atoms with van der Waals surface area (Å²) in [5, 5.41) is 6.81. The second-order valence-corrected chi connectivity index (χ2v) is 20.3. The lowest BCUT2D eigenvalue weighted by molar-refractivity contribution is -0.145. The number of cyclic esters (lactones) is 1. The first-order valence-electron chi connectivity index (χ1n) is 17.2. The largest absolute Gasteiger partial charge is 0.543 e. The molecule has 3 amide bonds. The van der Waals surface area contributed by atoms with Crippen LogP contribution in [0.2, 0.25) is 18.1 Å². The van der Waals surface area contributed by atoms with Crippen LogP contribution >= 0.6 is 15.9 Å². The molecule has 0 unspecified atom stereocenters. The zero-order valence-corrected chi connectivity index (χ0v) is 33.0. The van der Waals surface area contributed by atoms with E-state index in [4.69, 9.17) is 9.16 Å². The van der Waals surface area contributed by atoms with E-state index in [1.165, 1.54) is 4.90 Å². The Kier molecular flexibility index (Phi) is 12.8. The molecule has 0 saturated carbocycles. The lowest BCUT2D eigenvalue weighted by atomic mass is 9.99. The van der Waals surface area contributed by atoms with Gasteiger partial charge in [-0.2, -0.15) is 0 Å². The Bertz CT molecular complexity index is 1750. The van der Waals surface area contributed by atoms with Gasteiger partial charge in [0.25, 0.3) is 8.32 Å². The van der Waals surface area contributed by atoms with E-state index in [2.05, 4.69) is 65.4 Å². The topological polar surface area (TPSA) is 130 Å². The molecule has 0 aliphatic carbocycles. The summed E-state index contributed by atoms with van der Waals surface area (Å²) in [5.74, 6) is -0.887. The number of halogens is 1. The average Bonchev–Trinajstić information content (AvgIpc) is 3.46. The Balaban J connectivity index is 1.72. The quantitative estimate of drug-likeness (QED) is 0.144. The second kappa shape index (κ2) is 16.4. The summed E-state index contributed by atoms with van der Waals surface area (Å²) in [5.41, 5.74) is 3.43. The number of allylic oxidation sites excluding steroid dienone is 1. The molecule has 12 heteroatoms. The molecule has 4 rings (SSSR count). The van der Waals surface area contributed by atoms with E-state index >= 15 is 0 Å². The fraction of sp³-hybridized carbons (Fsp3) is 0.474. The Morgan fingerprint density at radius 3 is 2.46 bits per heavy atom. The Morgan fingerprint density at radius 1 is 1.04 bits per heavy atom. The van der Waals surface area contributed by atoms with Crippen molar-refractivity contribution in [1.82, 2.24) is 20.5 Å². The first kappa shape index (κ1) is 38.9. The molecule has 0 radical (unpaired) electrons. The third-order valence-corrected chi connectivity index (χ3v) is 14.8. The minimum atomic E-state index is -2.15. The number of carbonyl (C=O) groups excluding carboxylic acids is 4. The average molecular weight is 768 g/mol. The van der Waals surface area contributed by atoms with Gasteiger partial charge in [0.15, 0.2) is 0 Å². The van der Waals surface area contributed by atoms with Crippen molar-refractivity contribution in [2.24, 2.45) is 0 Å². The maximum atomic E-state index is 14.4. The van der Waals surface area contributed by atoms with Gasteiger partial charge in [0.2, 0.25) is 17.7 Å². The Morgan fingerprint density at radius 2 is 1.76 bits per heavy atom. The fourth-order valence-electron chi connectivity index (χ4n) is 5.63. The normalized spacial score (nSPS) is 21.1. The zero-order chi connectivity index (χ0) is 36.8. The van der Waals surface area contributed by atoms with Crippen LogP contribution in [0.25, 0.3) is 10.9 Å². The minimum Gasteiger partial charge on any atom is -0.543 e. The standard InChI is InChI=1S/C38H51BrN4O6Si/c1-24-12-11-19-48-35(45)22-31(26-16-17-33(29(39)20-26)49-50(7,8)38(3,4)5)42-36(46)32(21-27-23-40-30-14-10-9-13-28(27)30)43(6)37(47)25(2)41-34(44)18-15-24/h9-10,12-14,16-17,20,23,25,31-32,40H,11,15,18-19,21-22H2,1-8H3,(H,41,44)(H,42,46)/t25-,31+,32+/m0/s1. The smallest absolute Gasteiger partial charge is 0.308 e. The van der Waals surface area contributed by atoms with Gasteiger partial charge in [-0.3, -0.25) is 19.2 Å². The number of nitrogens with one attached hydrogen (secondary N) is 3. The van der Waals surface area contributed by atoms with Crippen LogP contribution in [-0.2, 0) is 30.3 Å². The van der Waals surface area contributed by atoms with Crippen molar-refractivity contribution >= 4 is 58.8 Å². The molecule has 3 atom stereocenters. The zero-order valence-electron chi connectivity index (χ0n) is 30.4. The van der Waals surface area contributed by atoms with Crippen molar-refractivity contribution in [2.45, 2.75) is 103 Å². The summed E-state index contributed by atoms with van der Waals surface area (Å²) in [7, 11) is -0.579. The number of amides is 3. The molecular weight excluding hydrogens is 716 g/mol. The van der Waals surface area contributed by atoms with E-state index in [0.29, 0.717) is 28.6 Å².